The molecule has 3 atom stereocenters. The van der Waals surface area contributed by atoms with Crippen molar-refractivity contribution < 1.29 is 91.0 Å². The number of aromatic nitrogens is 7. The number of carbonyl (C=O) groups is 3. The number of anilines is 1. The standard InChI is InChI=1S/C50H44ClF9N9O12PS/c1-21-12-23(47(73)74)16-32(81-82(75,76)77)38(21)48(2,3)19-35(71)69(83(5,78)79)45-37-29(51)7-8-31(40(37)66(4)65-45)68-44(63-43-26(46(68)72)6-9-34(62-43)80-11-10-49(56,57)58)30(15-22-13-24(52)17-25(53)14-22)61-33(70)20-67-41-36(39(64-67)42(54)55)27-18-28(27)50(41,59)60/h6-9,12-14,16-17,27-28,30,42H,10-11,15,18-20H2,1-5H3,(H,61,70)(H,73,74)(H2,75,76,77)/t27-,28+,30-/m0/s1. The van der Waals surface area contributed by atoms with Crippen LogP contribution in [0.4, 0.5) is 45.3 Å². The zero-order chi connectivity index (χ0) is 61.0. The number of phosphoric ester groups is 1. The minimum atomic E-state index is -5.42. The van der Waals surface area contributed by atoms with Crippen LogP contribution in [0.2, 0.25) is 5.02 Å². The lowest BCUT2D eigenvalue weighted by atomic mass is 9.78. The van der Waals surface area contributed by atoms with Crippen molar-refractivity contribution in [2.24, 2.45) is 13.0 Å². The van der Waals surface area contributed by atoms with E-state index in [2.05, 4.69) is 25.5 Å². The Bertz CT molecular complexity index is 4080. The van der Waals surface area contributed by atoms with E-state index < -0.39 is 189 Å². The Morgan fingerprint density at radius 1 is 1.01 bits per heavy atom. The number of pyridine rings is 1. The van der Waals surface area contributed by atoms with Crippen molar-refractivity contribution in [3.8, 4) is 17.3 Å². The molecule has 1 fully saturated rings. The van der Waals surface area contributed by atoms with Crippen LogP contribution in [-0.2, 0) is 55.5 Å². The molecular formula is C50H44ClF9N9O12PS. The number of carboxylic acid groups (broad SMARTS) is 1. The number of amides is 2. The Hall–Kier alpha value is -7.60. The van der Waals surface area contributed by atoms with E-state index in [0.717, 1.165) is 57.8 Å². The first-order valence-corrected chi connectivity index (χ1v) is 28.2. The maximum atomic E-state index is 15.7. The smallest absolute Gasteiger partial charge is 0.478 e. The van der Waals surface area contributed by atoms with Crippen molar-refractivity contribution in [3.05, 3.63) is 127 Å². The average molecular weight is 1230 g/mol. The molecule has 1 saturated carbocycles. The predicted molar refractivity (Wildman–Crippen MR) is 274 cm³/mol. The van der Waals surface area contributed by atoms with Gasteiger partial charge in [0, 0.05) is 54.5 Å². The number of phosphoric acid groups is 1. The first kappa shape index (κ1) is 60.0. The highest BCUT2D eigenvalue weighted by atomic mass is 35.5. The van der Waals surface area contributed by atoms with Crippen molar-refractivity contribution in [3.63, 3.8) is 0 Å². The van der Waals surface area contributed by atoms with Crippen molar-refractivity contribution in [2.45, 2.75) is 88.9 Å². The Balaban J connectivity index is 1.22. The summed E-state index contributed by atoms with van der Waals surface area (Å²) in [5.41, 5.74) is -7.25. The Labute approximate surface area is 466 Å². The van der Waals surface area contributed by atoms with Gasteiger partial charge in [-0.1, -0.05) is 25.4 Å². The molecule has 4 N–H and O–H groups in total. The molecule has 33 heteroatoms. The van der Waals surface area contributed by atoms with E-state index in [1.165, 1.54) is 27.8 Å². The number of aryl methyl sites for hydroxylation is 2. The van der Waals surface area contributed by atoms with E-state index in [1.807, 2.05) is 0 Å². The van der Waals surface area contributed by atoms with Gasteiger partial charge in [0.25, 0.3) is 17.9 Å². The number of halogens is 10. The summed E-state index contributed by atoms with van der Waals surface area (Å²) < 4.78 is 182. The first-order valence-electron chi connectivity index (χ1n) is 24.4. The van der Waals surface area contributed by atoms with Crippen LogP contribution in [0.15, 0.2) is 59.4 Å². The summed E-state index contributed by atoms with van der Waals surface area (Å²) in [6, 6.07) is 6.45. The van der Waals surface area contributed by atoms with Crippen molar-refractivity contribution in [2.75, 3.05) is 17.2 Å². The molecule has 4 heterocycles. The summed E-state index contributed by atoms with van der Waals surface area (Å²) in [7, 11) is -9.05. The molecule has 9 rings (SSSR count). The van der Waals surface area contributed by atoms with Crippen molar-refractivity contribution in [1.29, 1.82) is 0 Å². The molecule has 2 aliphatic rings. The van der Waals surface area contributed by atoms with Crippen molar-refractivity contribution >= 4 is 75.0 Å². The number of hydrogen-bond donors (Lipinski definition) is 4. The minimum Gasteiger partial charge on any atom is -0.478 e. The van der Waals surface area contributed by atoms with Gasteiger partial charge in [-0.05, 0) is 72.9 Å². The van der Waals surface area contributed by atoms with Crippen LogP contribution in [0.5, 0.6) is 11.6 Å². The third-order valence-corrected chi connectivity index (χ3v) is 15.5. The number of carbonyl (C=O) groups excluding carboxylic acids is 2. The second-order valence-electron chi connectivity index (χ2n) is 20.4. The monoisotopic (exact) mass is 1230 g/mol. The van der Waals surface area contributed by atoms with Gasteiger partial charge < -0.3 is 19.7 Å². The third kappa shape index (κ3) is 11.9. The second-order valence-corrected chi connectivity index (χ2v) is 23.8. The number of carboxylic acids is 1. The first-order chi connectivity index (χ1) is 38.4. The van der Waals surface area contributed by atoms with Gasteiger partial charge in [0.05, 0.1) is 57.9 Å². The number of aromatic carboxylic acids is 1. The zero-order valence-electron chi connectivity index (χ0n) is 43.5. The molecule has 4 aromatic heterocycles. The van der Waals surface area contributed by atoms with Crippen LogP contribution in [-0.4, -0.2) is 94.2 Å². The topological polar surface area (TPSA) is 280 Å². The van der Waals surface area contributed by atoms with Gasteiger partial charge in [-0.2, -0.15) is 41.4 Å². The predicted octanol–water partition coefficient (Wildman–Crippen LogP) is 8.51. The molecule has 2 amide bonds. The molecule has 0 radical (unpaired) electrons. The van der Waals surface area contributed by atoms with Crippen molar-refractivity contribution in [1.82, 2.24) is 39.4 Å². The average Bonchev–Trinajstić information content (AvgIpc) is 1.72. The highest BCUT2D eigenvalue weighted by Gasteiger charge is 2.67. The number of sulfonamides is 1. The SMILES string of the molecule is Cc1cc(C(=O)O)cc(OP(=O)(O)O)c1C(C)(C)CC(=O)N(c1nn(C)c2c(-n3c([C@H](Cc4cc(F)cc(F)c4)NC(=O)Cn4nc(C(F)F)c5c4C(F)(F)[C@@H]4C[C@H]54)nc4nc(OCCC(F)(F)F)ccc4c3=O)ccc(Cl)c12)S(C)(=O)=O. The number of nitrogens with zero attached hydrogens (tertiary/aromatic N) is 8. The van der Waals surface area contributed by atoms with Gasteiger partial charge in [0.2, 0.25) is 27.7 Å². The number of rotatable bonds is 19. The summed E-state index contributed by atoms with van der Waals surface area (Å²) in [6.45, 7) is 1.87. The van der Waals surface area contributed by atoms with Gasteiger partial charge in [-0.25, -0.2) is 40.3 Å². The van der Waals surface area contributed by atoms with Crippen LogP contribution in [0.25, 0.3) is 27.6 Å². The molecule has 0 aliphatic heterocycles. The van der Waals surface area contributed by atoms with Crippen LogP contribution in [0.1, 0.15) is 101 Å². The quantitative estimate of drug-likeness (QED) is 0.0436. The molecule has 3 aromatic carbocycles. The molecule has 0 spiro atoms. The summed E-state index contributed by atoms with van der Waals surface area (Å²) in [5, 5.41) is 19.0. The van der Waals surface area contributed by atoms with Crippen LogP contribution in [0.3, 0.4) is 0 Å². The number of benzene rings is 3. The van der Waals surface area contributed by atoms with Gasteiger partial charge in [-0.3, -0.25) is 38.1 Å². The summed E-state index contributed by atoms with van der Waals surface area (Å²) >= 11 is 6.85. The van der Waals surface area contributed by atoms with E-state index >= 15 is 13.6 Å². The number of alkyl halides is 7. The highest BCUT2D eigenvalue weighted by Crippen LogP contribution is 2.68. The fraction of sp³-hybridized carbons (Fsp3) is 0.360. The number of ether oxygens (including phenoxy) is 1. The van der Waals surface area contributed by atoms with E-state index in [4.69, 9.17) is 20.9 Å². The number of fused-ring (bicyclic) bond motifs is 5. The lowest BCUT2D eigenvalue weighted by molar-refractivity contribution is -0.139. The fourth-order valence-electron chi connectivity index (χ4n) is 10.6. The lowest BCUT2D eigenvalue weighted by Crippen LogP contribution is -2.40. The van der Waals surface area contributed by atoms with Gasteiger partial charge >= 0.3 is 20.0 Å². The molecule has 2 aliphatic carbocycles. The molecule has 21 nitrogen and oxygen atoms in total. The molecule has 83 heavy (non-hydrogen) atoms. The highest BCUT2D eigenvalue weighted by molar-refractivity contribution is 7.92. The maximum Gasteiger partial charge on any atom is 0.524 e. The second kappa shape index (κ2) is 21.2. The van der Waals surface area contributed by atoms with Gasteiger partial charge in [0.15, 0.2) is 11.5 Å². The fourth-order valence-corrected chi connectivity index (χ4v) is 12.1. The minimum absolute atomic E-state index is 0.0410. The largest absolute Gasteiger partial charge is 0.524 e. The molecule has 0 saturated heterocycles. The Morgan fingerprint density at radius 3 is 2.30 bits per heavy atom. The van der Waals surface area contributed by atoms with E-state index in [1.54, 1.807) is 0 Å². The third-order valence-electron chi connectivity index (χ3n) is 13.8. The normalized spacial score (nSPS) is 16.3. The van der Waals surface area contributed by atoms with E-state index in [0.29, 0.717) is 17.0 Å². The van der Waals surface area contributed by atoms with Crippen LogP contribution >= 0.6 is 19.4 Å². The van der Waals surface area contributed by atoms with Gasteiger partial charge in [0.1, 0.15) is 41.1 Å². The molecular weight excluding hydrogens is 1190 g/mol. The summed E-state index contributed by atoms with van der Waals surface area (Å²) in [4.78, 5) is 84.5. The van der Waals surface area contributed by atoms with E-state index in [-0.39, 0.29) is 43.6 Å². The van der Waals surface area contributed by atoms with Gasteiger partial charge in [-0.15, -0.1) is 0 Å². The lowest BCUT2D eigenvalue weighted by Gasteiger charge is -2.31. The summed E-state index contributed by atoms with van der Waals surface area (Å²) in [6.07, 6.45) is -10.6. The summed E-state index contributed by atoms with van der Waals surface area (Å²) in [5.74, 6) is -15.0. The number of hydrogen-bond acceptors (Lipinski definition) is 13. The van der Waals surface area contributed by atoms with Crippen LogP contribution in [0, 0.1) is 24.5 Å². The molecule has 0 unspecified atom stereocenters. The number of nitrogens with one attached hydrogen (secondary N) is 1. The molecule has 442 valence electrons. The molecule has 0 bridgehead atoms. The van der Waals surface area contributed by atoms with Crippen LogP contribution < -0.4 is 24.4 Å². The maximum absolute atomic E-state index is 15.7. The molecule has 7 aromatic rings. The zero-order valence-corrected chi connectivity index (χ0v) is 45.9. The Kier molecular flexibility index (Phi) is 15.3. The Morgan fingerprint density at radius 2 is 1.69 bits per heavy atom. The van der Waals surface area contributed by atoms with E-state index in [9.17, 15) is 73.0 Å².